The number of nitrogens with one attached hydrogen (secondary N) is 1. The van der Waals surface area contributed by atoms with Gasteiger partial charge in [-0.1, -0.05) is 57.2 Å². The van der Waals surface area contributed by atoms with Gasteiger partial charge in [-0.05, 0) is 43.2 Å². The molecule has 1 aromatic rings. The molecule has 0 bridgehead atoms. The number of nitrogens with zero attached hydrogens (tertiary/aromatic N) is 2. The molecule has 0 saturated carbocycles. The maximum atomic E-state index is 11.1. The number of thioether (sulfide) groups is 1. The largest absolute Gasteiger partial charge is 0.494 e. The molecular formula is C20H29N3O2S. The summed E-state index contributed by atoms with van der Waals surface area (Å²) in [5.41, 5.74) is 1.80. The van der Waals surface area contributed by atoms with E-state index >= 15 is 0 Å². The van der Waals surface area contributed by atoms with Gasteiger partial charge in [-0.25, -0.2) is 0 Å². The number of amidine groups is 1. The minimum absolute atomic E-state index is 0.0240. The number of ether oxygens (including phenoxy) is 1. The monoisotopic (exact) mass is 375 g/mol. The molecule has 0 aliphatic carbocycles. The highest BCUT2D eigenvalue weighted by Crippen LogP contribution is 2.15. The van der Waals surface area contributed by atoms with E-state index in [1.165, 1.54) is 50.3 Å². The Hall–Kier alpha value is -1.82. The van der Waals surface area contributed by atoms with Crippen molar-refractivity contribution in [2.75, 3.05) is 12.4 Å². The molecule has 1 fully saturated rings. The van der Waals surface area contributed by atoms with Crippen LogP contribution in [0.3, 0.4) is 0 Å². The summed E-state index contributed by atoms with van der Waals surface area (Å²) in [6.07, 6.45) is 9.00. The molecule has 0 atom stereocenters. The first-order valence-corrected chi connectivity index (χ1v) is 10.5. The van der Waals surface area contributed by atoms with Crippen molar-refractivity contribution in [3.63, 3.8) is 0 Å². The average molecular weight is 376 g/mol. The molecule has 0 spiro atoms. The first-order chi connectivity index (χ1) is 12.7. The van der Waals surface area contributed by atoms with Crippen molar-refractivity contribution in [3.8, 4) is 5.75 Å². The Labute approximate surface area is 160 Å². The Bertz CT molecular complexity index is 626. The van der Waals surface area contributed by atoms with Gasteiger partial charge in [0.25, 0.3) is 0 Å². The number of benzene rings is 1. The molecule has 1 aromatic carbocycles. The van der Waals surface area contributed by atoms with Crippen molar-refractivity contribution in [1.29, 1.82) is 0 Å². The van der Waals surface area contributed by atoms with Crippen molar-refractivity contribution >= 4 is 28.5 Å². The molecule has 2 rings (SSSR count). The highest BCUT2D eigenvalue weighted by molar-refractivity contribution is 8.15. The number of carbonyl (C=O) groups is 1. The third-order valence-corrected chi connectivity index (χ3v) is 5.03. The summed E-state index contributed by atoms with van der Waals surface area (Å²) in [7, 11) is 0. The standard InChI is InChI=1S/C20H29N3O2S/c1-3-4-5-6-7-8-9-14-25-18-12-10-17(11-13-18)16(2)22-23-20-21-19(24)15-26-20/h10-13H,3-9,14-15H2,1-2H3,(H,21,23,24)/b22-16-. The zero-order valence-electron chi connectivity index (χ0n) is 15.8. The van der Waals surface area contributed by atoms with Gasteiger partial charge in [-0.2, -0.15) is 5.10 Å². The number of rotatable bonds is 11. The molecule has 1 aliphatic rings. The summed E-state index contributed by atoms with van der Waals surface area (Å²) in [4.78, 5) is 11.1. The molecule has 1 amide bonds. The van der Waals surface area contributed by atoms with E-state index in [9.17, 15) is 4.79 Å². The second-order valence-electron chi connectivity index (χ2n) is 6.42. The zero-order chi connectivity index (χ0) is 18.6. The number of hydrogen-bond donors (Lipinski definition) is 1. The van der Waals surface area contributed by atoms with Gasteiger partial charge in [-0.15, -0.1) is 5.10 Å². The maximum absolute atomic E-state index is 11.1. The molecule has 0 unspecified atom stereocenters. The fourth-order valence-corrected chi connectivity index (χ4v) is 3.22. The van der Waals surface area contributed by atoms with Gasteiger partial charge in [0.15, 0.2) is 5.17 Å². The molecule has 26 heavy (non-hydrogen) atoms. The highest BCUT2D eigenvalue weighted by atomic mass is 32.2. The van der Waals surface area contributed by atoms with Gasteiger partial charge in [0.05, 0.1) is 18.1 Å². The molecule has 5 nitrogen and oxygen atoms in total. The molecule has 0 radical (unpaired) electrons. The first kappa shape index (κ1) is 20.5. The smallest absolute Gasteiger partial charge is 0.236 e. The molecule has 142 valence electrons. The Balaban J connectivity index is 1.69. The van der Waals surface area contributed by atoms with E-state index in [2.05, 4.69) is 22.4 Å². The van der Waals surface area contributed by atoms with Crippen molar-refractivity contribution < 1.29 is 9.53 Å². The van der Waals surface area contributed by atoms with Gasteiger partial charge < -0.3 is 10.1 Å². The van der Waals surface area contributed by atoms with Crippen LogP contribution in [-0.4, -0.2) is 29.1 Å². The molecule has 1 N–H and O–H groups in total. The van der Waals surface area contributed by atoms with E-state index in [1.807, 2.05) is 31.2 Å². The van der Waals surface area contributed by atoms with Crippen LogP contribution < -0.4 is 10.1 Å². The van der Waals surface area contributed by atoms with E-state index in [1.54, 1.807) is 0 Å². The van der Waals surface area contributed by atoms with E-state index in [0.717, 1.165) is 30.1 Å². The quantitative estimate of drug-likeness (QED) is 0.344. The van der Waals surface area contributed by atoms with Crippen LogP contribution in [-0.2, 0) is 4.79 Å². The van der Waals surface area contributed by atoms with E-state index < -0.39 is 0 Å². The molecule has 6 heteroatoms. The lowest BCUT2D eigenvalue weighted by Gasteiger charge is -2.07. The fourth-order valence-electron chi connectivity index (χ4n) is 2.60. The van der Waals surface area contributed by atoms with Crippen LogP contribution in [0.1, 0.15) is 64.4 Å². The normalized spacial score (nSPS) is 16.2. The van der Waals surface area contributed by atoms with Crippen LogP contribution in [0.15, 0.2) is 34.5 Å². The SMILES string of the molecule is CCCCCCCCCOc1ccc(/C(C)=N\N=C2\NC(=O)CS2)cc1. The third kappa shape index (κ3) is 7.60. The number of amides is 1. The number of hydrogen-bond acceptors (Lipinski definition) is 5. The lowest BCUT2D eigenvalue weighted by molar-refractivity contribution is -0.116. The summed E-state index contributed by atoms with van der Waals surface area (Å²) in [5.74, 6) is 1.28. The molecule has 1 heterocycles. The van der Waals surface area contributed by atoms with Crippen molar-refractivity contribution in [2.24, 2.45) is 10.2 Å². The number of unbranched alkanes of at least 4 members (excludes halogenated alkanes) is 6. The first-order valence-electron chi connectivity index (χ1n) is 9.47. The predicted octanol–water partition coefficient (Wildman–Crippen LogP) is 4.76. The van der Waals surface area contributed by atoms with E-state index in [4.69, 9.17) is 4.74 Å². The van der Waals surface area contributed by atoms with Crippen LogP contribution in [0, 0.1) is 0 Å². The van der Waals surface area contributed by atoms with Gasteiger partial charge in [0, 0.05) is 0 Å². The van der Waals surface area contributed by atoms with Crippen LogP contribution in [0.5, 0.6) is 5.75 Å². The number of carbonyl (C=O) groups excluding carboxylic acids is 1. The average Bonchev–Trinajstić information content (AvgIpc) is 3.08. The van der Waals surface area contributed by atoms with Crippen LogP contribution in [0.2, 0.25) is 0 Å². The Morgan fingerprint density at radius 2 is 1.81 bits per heavy atom. The third-order valence-electron chi connectivity index (χ3n) is 4.17. The van der Waals surface area contributed by atoms with Crippen LogP contribution >= 0.6 is 11.8 Å². The Morgan fingerprint density at radius 3 is 2.46 bits per heavy atom. The molecule has 1 aliphatic heterocycles. The minimum atomic E-state index is -0.0240. The Morgan fingerprint density at radius 1 is 1.12 bits per heavy atom. The van der Waals surface area contributed by atoms with Gasteiger partial charge in [-0.3, -0.25) is 4.79 Å². The highest BCUT2D eigenvalue weighted by Gasteiger charge is 2.16. The second kappa shape index (κ2) is 11.7. The summed E-state index contributed by atoms with van der Waals surface area (Å²) in [6.45, 7) is 4.92. The topological polar surface area (TPSA) is 63.1 Å². The summed E-state index contributed by atoms with van der Waals surface area (Å²) >= 11 is 1.37. The Kier molecular flexibility index (Phi) is 9.24. The van der Waals surface area contributed by atoms with Crippen LogP contribution in [0.25, 0.3) is 0 Å². The van der Waals surface area contributed by atoms with Crippen molar-refractivity contribution in [1.82, 2.24) is 5.32 Å². The zero-order valence-corrected chi connectivity index (χ0v) is 16.6. The summed E-state index contributed by atoms with van der Waals surface area (Å²) in [6, 6.07) is 7.91. The van der Waals surface area contributed by atoms with Gasteiger partial charge >= 0.3 is 0 Å². The summed E-state index contributed by atoms with van der Waals surface area (Å²) in [5, 5.41) is 11.5. The lowest BCUT2D eigenvalue weighted by Crippen LogP contribution is -2.19. The second-order valence-corrected chi connectivity index (χ2v) is 7.39. The lowest BCUT2D eigenvalue weighted by atomic mass is 10.1. The molecule has 0 aromatic heterocycles. The van der Waals surface area contributed by atoms with E-state index in [-0.39, 0.29) is 5.91 Å². The van der Waals surface area contributed by atoms with Crippen LogP contribution in [0.4, 0.5) is 0 Å². The fraction of sp³-hybridized carbons (Fsp3) is 0.550. The summed E-state index contributed by atoms with van der Waals surface area (Å²) < 4.78 is 5.80. The van der Waals surface area contributed by atoms with E-state index in [0.29, 0.717) is 10.9 Å². The molecular weight excluding hydrogens is 346 g/mol. The molecule has 1 saturated heterocycles. The van der Waals surface area contributed by atoms with Gasteiger partial charge in [0.2, 0.25) is 5.91 Å². The van der Waals surface area contributed by atoms with Crippen molar-refractivity contribution in [3.05, 3.63) is 29.8 Å². The minimum Gasteiger partial charge on any atom is -0.494 e. The maximum Gasteiger partial charge on any atom is 0.236 e. The van der Waals surface area contributed by atoms with Crippen molar-refractivity contribution in [2.45, 2.75) is 58.8 Å². The van der Waals surface area contributed by atoms with Gasteiger partial charge in [0.1, 0.15) is 5.75 Å². The predicted molar refractivity (Wildman–Crippen MR) is 110 cm³/mol.